The van der Waals surface area contributed by atoms with Crippen LogP contribution in [0.2, 0.25) is 0 Å². The van der Waals surface area contributed by atoms with Gasteiger partial charge in [0.1, 0.15) is 5.82 Å². The highest BCUT2D eigenvalue weighted by Gasteiger charge is 2.20. The second-order valence-corrected chi connectivity index (χ2v) is 7.13. The summed E-state index contributed by atoms with van der Waals surface area (Å²) in [6.45, 7) is 11.3. The lowest BCUT2D eigenvalue weighted by Gasteiger charge is -2.29. The molecule has 0 aromatic heterocycles. The van der Waals surface area contributed by atoms with E-state index in [0.29, 0.717) is 17.9 Å². The first kappa shape index (κ1) is 16.3. The van der Waals surface area contributed by atoms with Crippen molar-refractivity contribution >= 4 is 5.69 Å². The predicted octanol–water partition coefficient (Wildman–Crippen LogP) is 4.20. The standard InChI is InChI=1S/C18H29FN2/c1-13(2)11-21(12-14(3)4)18-8-5-15(9-17(18)19)10-20-16-6-7-16/h5,8-9,13-14,16,20H,6-7,10-12H2,1-4H3. The Kier molecular flexibility index (Phi) is 5.63. The number of benzene rings is 1. The summed E-state index contributed by atoms with van der Waals surface area (Å²) in [4.78, 5) is 2.18. The van der Waals surface area contributed by atoms with Gasteiger partial charge in [-0.2, -0.15) is 0 Å². The molecule has 0 bridgehead atoms. The SMILES string of the molecule is CC(C)CN(CC(C)C)c1ccc(CNC2CC2)cc1F. The fourth-order valence-electron chi connectivity index (χ4n) is 2.62. The molecule has 0 saturated heterocycles. The van der Waals surface area contributed by atoms with E-state index < -0.39 is 0 Å². The van der Waals surface area contributed by atoms with Crippen LogP contribution in [0.3, 0.4) is 0 Å². The fraction of sp³-hybridized carbons (Fsp3) is 0.667. The number of nitrogens with zero attached hydrogens (tertiary/aromatic N) is 1. The normalized spacial score (nSPS) is 15.0. The molecule has 2 rings (SSSR count). The number of halogens is 1. The van der Waals surface area contributed by atoms with Crippen LogP contribution < -0.4 is 10.2 Å². The van der Waals surface area contributed by atoms with E-state index in [0.717, 1.165) is 30.9 Å². The van der Waals surface area contributed by atoms with E-state index in [1.807, 2.05) is 6.07 Å². The highest BCUT2D eigenvalue weighted by Crippen LogP contribution is 2.24. The molecular formula is C18H29FN2. The van der Waals surface area contributed by atoms with Crippen molar-refractivity contribution in [1.29, 1.82) is 0 Å². The molecule has 0 heterocycles. The van der Waals surface area contributed by atoms with Gasteiger partial charge in [-0.05, 0) is 42.4 Å². The van der Waals surface area contributed by atoms with Crippen LogP contribution in [0.5, 0.6) is 0 Å². The number of hydrogen-bond donors (Lipinski definition) is 1. The van der Waals surface area contributed by atoms with Gasteiger partial charge in [-0.15, -0.1) is 0 Å². The third-order valence-electron chi connectivity index (χ3n) is 3.70. The van der Waals surface area contributed by atoms with E-state index in [1.165, 1.54) is 12.8 Å². The van der Waals surface area contributed by atoms with Gasteiger partial charge < -0.3 is 10.2 Å². The zero-order chi connectivity index (χ0) is 15.4. The van der Waals surface area contributed by atoms with Gasteiger partial charge in [0.25, 0.3) is 0 Å². The van der Waals surface area contributed by atoms with Crippen LogP contribution in [0.1, 0.15) is 46.1 Å². The second kappa shape index (κ2) is 7.26. The van der Waals surface area contributed by atoms with E-state index in [1.54, 1.807) is 6.07 Å². The minimum Gasteiger partial charge on any atom is -0.369 e. The Morgan fingerprint density at radius 3 is 2.24 bits per heavy atom. The van der Waals surface area contributed by atoms with Crippen LogP contribution in [-0.4, -0.2) is 19.1 Å². The molecular weight excluding hydrogens is 263 g/mol. The van der Waals surface area contributed by atoms with Crippen molar-refractivity contribution in [2.45, 2.75) is 53.1 Å². The van der Waals surface area contributed by atoms with E-state index in [-0.39, 0.29) is 5.82 Å². The Morgan fingerprint density at radius 1 is 1.14 bits per heavy atom. The summed E-state index contributed by atoms with van der Waals surface area (Å²) in [5.74, 6) is 0.963. The van der Waals surface area contributed by atoms with Gasteiger partial charge in [-0.1, -0.05) is 33.8 Å². The largest absolute Gasteiger partial charge is 0.369 e. The Morgan fingerprint density at radius 2 is 1.76 bits per heavy atom. The lowest BCUT2D eigenvalue weighted by molar-refractivity contribution is 0.537. The maximum absolute atomic E-state index is 14.5. The molecule has 0 unspecified atom stereocenters. The maximum atomic E-state index is 14.5. The summed E-state index contributed by atoms with van der Waals surface area (Å²) < 4.78 is 14.5. The highest BCUT2D eigenvalue weighted by molar-refractivity contribution is 5.49. The molecule has 1 aliphatic carbocycles. The third-order valence-corrected chi connectivity index (χ3v) is 3.70. The molecule has 1 saturated carbocycles. The van der Waals surface area contributed by atoms with Crippen LogP contribution in [0.25, 0.3) is 0 Å². The molecule has 0 aliphatic heterocycles. The Balaban J connectivity index is 2.07. The first-order valence-electron chi connectivity index (χ1n) is 8.22. The van der Waals surface area contributed by atoms with Crippen LogP contribution in [0.15, 0.2) is 18.2 Å². The minimum absolute atomic E-state index is 0.0913. The van der Waals surface area contributed by atoms with E-state index in [2.05, 4.69) is 44.0 Å². The Labute approximate surface area is 128 Å². The molecule has 1 aromatic carbocycles. The molecule has 0 radical (unpaired) electrons. The monoisotopic (exact) mass is 292 g/mol. The quantitative estimate of drug-likeness (QED) is 0.772. The van der Waals surface area contributed by atoms with Crippen molar-refractivity contribution in [2.75, 3.05) is 18.0 Å². The van der Waals surface area contributed by atoms with Crippen molar-refractivity contribution in [3.63, 3.8) is 0 Å². The predicted molar refractivity (Wildman–Crippen MR) is 88.2 cm³/mol. The zero-order valence-electron chi connectivity index (χ0n) is 13.8. The van der Waals surface area contributed by atoms with Gasteiger partial charge in [0.05, 0.1) is 5.69 Å². The summed E-state index contributed by atoms with van der Waals surface area (Å²) >= 11 is 0. The van der Waals surface area contributed by atoms with Gasteiger partial charge in [0.15, 0.2) is 0 Å². The molecule has 3 heteroatoms. The van der Waals surface area contributed by atoms with Crippen molar-refractivity contribution in [1.82, 2.24) is 5.32 Å². The topological polar surface area (TPSA) is 15.3 Å². The summed E-state index contributed by atoms with van der Waals surface area (Å²) in [7, 11) is 0. The second-order valence-electron chi connectivity index (χ2n) is 7.13. The lowest BCUT2D eigenvalue weighted by atomic mass is 10.1. The molecule has 21 heavy (non-hydrogen) atoms. The third kappa shape index (κ3) is 5.31. The first-order valence-corrected chi connectivity index (χ1v) is 8.22. The molecule has 118 valence electrons. The molecule has 1 fully saturated rings. The van der Waals surface area contributed by atoms with E-state index in [4.69, 9.17) is 0 Å². The summed E-state index contributed by atoms with van der Waals surface area (Å²) in [6, 6.07) is 6.36. The molecule has 1 aromatic rings. The van der Waals surface area contributed by atoms with Gasteiger partial charge in [0.2, 0.25) is 0 Å². The Bertz CT molecular complexity index is 443. The van der Waals surface area contributed by atoms with Gasteiger partial charge >= 0.3 is 0 Å². The Hall–Kier alpha value is -1.09. The first-order chi connectivity index (χ1) is 9.95. The molecule has 0 amide bonds. The van der Waals surface area contributed by atoms with Crippen molar-refractivity contribution in [2.24, 2.45) is 11.8 Å². The summed E-state index contributed by atoms with van der Waals surface area (Å²) in [5.41, 5.74) is 1.78. The van der Waals surface area contributed by atoms with Crippen molar-refractivity contribution in [3.8, 4) is 0 Å². The summed E-state index contributed by atoms with van der Waals surface area (Å²) in [5, 5.41) is 3.43. The molecule has 0 atom stereocenters. The zero-order valence-corrected chi connectivity index (χ0v) is 13.8. The number of anilines is 1. The maximum Gasteiger partial charge on any atom is 0.146 e. The molecule has 0 spiro atoms. The van der Waals surface area contributed by atoms with Gasteiger partial charge in [-0.3, -0.25) is 0 Å². The number of rotatable bonds is 8. The highest BCUT2D eigenvalue weighted by atomic mass is 19.1. The smallest absolute Gasteiger partial charge is 0.146 e. The van der Waals surface area contributed by atoms with Crippen molar-refractivity contribution in [3.05, 3.63) is 29.6 Å². The van der Waals surface area contributed by atoms with Gasteiger partial charge in [0, 0.05) is 25.7 Å². The number of nitrogens with one attached hydrogen (secondary N) is 1. The van der Waals surface area contributed by atoms with Crippen LogP contribution in [0, 0.1) is 17.7 Å². The van der Waals surface area contributed by atoms with Crippen molar-refractivity contribution < 1.29 is 4.39 Å². The van der Waals surface area contributed by atoms with Crippen LogP contribution >= 0.6 is 0 Å². The average Bonchev–Trinajstić information content (AvgIpc) is 3.18. The lowest BCUT2D eigenvalue weighted by Crippen LogP contribution is -2.32. The number of hydrogen-bond acceptors (Lipinski definition) is 2. The molecule has 1 N–H and O–H groups in total. The summed E-state index contributed by atoms with van der Waals surface area (Å²) in [6.07, 6.45) is 2.52. The minimum atomic E-state index is -0.0913. The van der Waals surface area contributed by atoms with Gasteiger partial charge in [-0.25, -0.2) is 4.39 Å². The van der Waals surface area contributed by atoms with Crippen LogP contribution in [0.4, 0.5) is 10.1 Å². The van der Waals surface area contributed by atoms with E-state index >= 15 is 0 Å². The van der Waals surface area contributed by atoms with Crippen LogP contribution in [-0.2, 0) is 6.54 Å². The fourth-order valence-corrected chi connectivity index (χ4v) is 2.62. The molecule has 2 nitrogen and oxygen atoms in total. The molecule has 1 aliphatic rings. The average molecular weight is 292 g/mol. The van der Waals surface area contributed by atoms with E-state index in [9.17, 15) is 4.39 Å².